The van der Waals surface area contributed by atoms with Crippen LogP contribution in [0.2, 0.25) is 0 Å². The third-order valence-electron chi connectivity index (χ3n) is 4.55. The quantitative estimate of drug-likeness (QED) is 0.890. The van der Waals surface area contributed by atoms with Crippen LogP contribution in [0.3, 0.4) is 0 Å². The first kappa shape index (κ1) is 12.2. The van der Waals surface area contributed by atoms with E-state index in [1.165, 1.54) is 69.4 Å². The van der Waals surface area contributed by atoms with Gasteiger partial charge in [-0.25, -0.2) is 4.98 Å². The van der Waals surface area contributed by atoms with Gasteiger partial charge in [-0.2, -0.15) is 0 Å². The third kappa shape index (κ3) is 2.20. The Morgan fingerprint density at radius 2 is 2.00 bits per heavy atom. The van der Waals surface area contributed by atoms with E-state index >= 15 is 0 Å². The molecule has 3 heteroatoms. The molecule has 2 heterocycles. The fourth-order valence-corrected chi connectivity index (χ4v) is 3.64. The molecule has 3 nitrogen and oxygen atoms in total. The highest BCUT2D eigenvalue weighted by Crippen LogP contribution is 2.35. The normalized spacial score (nSPS) is 20.9. The van der Waals surface area contributed by atoms with E-state index in [9.17, 15) is 0 Å². The van der Waals surface area contributed by atoms with E-state index in [0.717, 1.165) is 12.5 Å². The Bertz CT molecular complexity index is 402. The number of hydrogen-bond acceptors (Lipinski definition) is 2. The number of rotatable bonds is 3. The lowest BCUT2D eigenvalue weighted by molar-refractivity contribution is 0.430. The topological polar surface area (TPSA) is 29.9 Å². The summed E-state index contributed by atoms with van der Waals surface area (Å²) in [6, 6.07) is 0. The molecule has 0 atom stereocenters. The summed E-state index contributed by atoms with van der Waals surface area (Å²) in [5.74, 6) is 2.02. The number of fused-ring (bicyclic) bond motifs is 1. The summed E-state index contributed by atoms with van der Waals surface area (Å²) in [4.78, 5) is 5.01. The van der Waals surface area contributed by atoms with E-state index in [1.807, 2.05) is 7.05 Å². The summed E-state index contributed by atoms with van der Waals surface area (Å²) in [6.07, 6.45) is 10.9. The third-order valence-corrected chi connectivity index (χ3v) is 4.55. The van der Waals surface area contributed by atoms with E-state index in [4.69, 9.17) is 4.98 Å². The maximum Gasteiger partial charge on any atom is 0.123 e. The zero-order chi connectivity index (χ0) is 12.4. The lowest BCUT2D eigenvalue weighted by Crippen LogP contribution is -2.17. The minimum Gasteiger partial charge on any atom is -0.331 e. The average molecular weight is 247 g/mol. The van der Waals surface area contributed by atoms with Gasteiger partial charge in [0.05, 0.1) is 12.2 Å². The second-order valence-electron chi connectivity index (χ2n) is 5.83. The summed E-state index contributed by atoms with van der Waals surface area (Å²) < 4.78 is 2.50. The van der Waals surface area contributed by atoms with Gasteiger partial charge in [-0.15, -0.1) is 0 Å². The van der Waals surface area contributed by atoms with Crippen molar-refractivity contribution in [1.29, 1.82) is 0 Å². The van der Waals surface area contributed by atoms with Crippen molar-refractivity contribution in [2.75, 3.05) is 7.05 Å². The number of hydrogen-bond donors (Lipinski definition) is 1. The average Bonchev–Trinajstić information content (AvgIpc) is 2.80. The van der Waals surface area contributed by atoms with Crippen LogP contribution in [0.25, 0.3) is 0 Å². The Balaban J connectivity index is 1.92. The van der Waals surface area contributed by atoms with Gasteiger partial charge in [0.2, 0.25) is 0 Å². The van der Waals surface area contributed by atoms with E-state index in [2.05, 4.69) is 9.88 Å². The van der Waals surface area contributed by atoms with Crippen molar-refractivity contribution >= 4 is 0 Å². The minimum atomic E-state index is 0.753. The molecular formula is C15H25N3. The second kappa shape index (κ2) is 5.43. The van der Waals surface area contributed by atoms with E-state index in [-0.39, 0.29) is 0 Å². The molecule has 0 amide bonds. The predicted octanol–water partition coefficient (Wildman–Crippen LogP) is 2.99. The predicted molar refractivity (Wildman–Crippen MR) is 73.8 cm³/mol. The molecule has 0 radical (unpaired) electrons. The molecule has 1 fully saturated rings. The lowest BCUT2D eigenvalue weighted by Gasteiger charge is -2.23. The Labute approximate surface area is 110 Å². The van der Waals surface area contributed by atoms with Gasteiger partial charge in [0.25, 0.3) is 0 Å². The van der Waals surface area contributed by atoms with Crippen LogP contribution < -0.4 is 5.32 Å². The molecule has 1 N–H and O–H groups in total. The fraction of sp³-hybridized carbons (Fsp3) is 0.800. The Hall–Kier alpha value is -0.830. The van der Waals surface area contributed by atoms with Crippen LogP contribution in [0.15, 0.2) is 0 Å². The van der Waals surface area contributed by atoms with Crippen molar-refractivity contribution < 1.29 is 0 Å². The van der Waals surface area contributed by atoms with E-state index in [0.29, 0.717) is 0 Å². The largest absolute Gasteiger partial charge is 0.331 e. The van der Waals surface area contributed by atoms with Gasteiger partial charge in [0, 0.05) is 18.2 Å². The van der Waals surface area contributed by atoms with Crippen molar-refractivity contribution in [2.24, 2.45) is 0 Å². The zero-order valence-corrected chi connectivity index (χ0v) is 11.5. The molecule has 2 aliphatic rings. The van der Waals surface area contributed by atoms with Crippen LogP contribution in [0.4, 0.5) is 0 Å². The highest BCUT2D eigenvalue weighted by molar-refractivity contribution is 5.23. The summed E-state index contributed by atoms with van der Waals surface area (Å²) in [5, 5.41) is 3.27. The van der Waals surface area contributed by atoms with Gasteiger partial charge in [0.1, 0.15) is 5.82 Å². The van der Waals surface area contributed by atoms with Crippen LogP contribution in [-0.4, -0.2) is 16.6 Å². The lowest BCUT2D eigenvalue weighted by atomic mass is 9.85. The highest BCUT2D eigenvalue weighted by Gasteiger charge is 2.26. The summed E-state index contributed by atoms with van der Waals surface area (Å²) in [5.41, 5.74) is 3.03. The van der Waals surface area contributed by atoms with Gasteiger partial charge in [0.15, 0.2) is 0 Å². The maximum absolute atomic E-state index is 5.01. The molecule has 100 valence electrons. The molecule has 3 rings (SSSR count). The molecule has 0 saturated heterocycles. The van der Waals surface area contributed by atoms with Gasteiger partial charge < -0.3 is 9.88 Å². The second-order valence-corrected chi connectivity index (χ2v) is 5.83. The molecule has 0 spiro atoms. The monoisotopic (exact) mass is 247 g/mol. The Morgan fingerprint density at radius 1 is 1.17 bits per heavy atom. The number of aromatic nitrogens is 2. The molecule has 1 aromatic rings. The molecular weight excluding hydrogens is 222 g/mol. The summed E-state index contributed by atoms with van der Waals surface area (Å²) in [6.45, 7) is 2.10. The molecule has 1 saturated carbocycles. The minimum absolute atomic E-state index is 0.753. The van der Waals surface area contributed by atoms with E-state index in [1.54, 1.807) is 5.69 Å². The van der Waals surface area contributed by atoms with Crippen molar-refractivity contribution in [3.8, 4) is 0 Å². The number of nitrogens with zero attached hydrogens (tertiary/aromatic N) is 2. The number of imidazole rings is 1. The van der Waals surface area contributed by atoms with Crippen molar-refractivity contribution in [3.05, 3.63) is 17.2 Å². The Morgan fingerprint density at radius 3 is 2.78 bits per heavy atom. The van der Waals surface area contributed by atoms with Gasteiger partial charge in [-0.05, 0) is 39.2 Å². The molecule has 1 aliphatic carbocycles. The summed E-state index contributed by atoms with van der Waals surface area (Å²) >= 11 is 0. The van der Waals surface area contributed by atoms with Crippen molar-refractivity contribution in [1.82, 2.24) is 14.9 Å². The first-order chi connectivity index (χ1) is 8.90. The zero-order valence-electron chi connectivity index (χ0n) is 11.5. The molecule has 1 aromatic heterocycles. The molecule has 0 bridgehead atoms. The highest BCUT2D eigenvalue weighted by atomic mass is 15.1. The summed E-state index contributed by atoms with van der Waals surface area (Å²) in [7, 11) is 2.02. The Kier molecular flexibility index (Phi) is 3.69. The fourth-order valence-electron chi connectivity index (χ4n) is 3.64. The maximum atomic E-state index is 5.01. The van der Waals surface area contributed by atoms with Gasteiger partial charge in [-0.3, -0.25) is 0 Å². The smallest absolute Gasteiger partial charge is 0.123 e. The SMILES string of the molecule is CNCc1nc(C2CCCCC2)c2n1CCCC2. The number of nitrogens with one attached hydrogen (secondary N) is 1. The van der Waals surface area contributed by atoms with Gasteiger partial charge in [-0.1, -0.05) is 19.3 Å². The van der Waals surface area contributed by atoms with Crippen molar-refractivity contribution in [3.63, 3.8) is 0 Å². The van der Waals surface area contributed by atoms with Crippen LogP contribution >= 0.6 is 0 Å². The molecule has 1 aliphatic heterocycles. The molecule has 18 heavy (non-hydrogen) atoms. The standard InChI is InChI=1S/C15H25N3/c1-16-11-14-17-15(12-7-3-2-4-8-12)13-9-5-6-10-18(13)14/h12,16H,2-11H2,1H3. The van der Waals surface area contributed by atoms with Crippen molar-refractivity contribution in [2.45, 2.75) is 70.4 Å². The van der Waals surface area contributed by atoms with E-state index < -0.39 is 0 Å². The van der Waals surface area contributed by atoms with Crippen LogP contribution in [0, 0.1) is 0 Å². The van der Waals surface area contributed by atoms with Crippen LogP contribution in [0.5, 0.6) is 0 Å². The van der Waals surface area contributed by atoms with Gasteiger partial charge >= 0.3 is 0 Å². The van der Waals surface area contributed by atoms with Crippen LogP contribution in [-0.2, 0) is 19.5 Å². The molecule has 0 unspecified atom stereocenters. The van der Waals surface area contributed by atoms with Crippen LogP contribution in [0.1, 0.15) is 68.1 Å². The first-order valence-electron chi connectivity index (χ1n) is 7.63. The first-order valence-corrected chi connectivity index (χ1v) is 7.63. The molecule has 0 aromatic carbocycles.